The number of nitrogen functional groups attached to an aromatic ring is 1. The molecule has 0 saturated carbocycles. The van der Waals surface area contributed by atoms with E-state index in [1.54, 1.807) is 0 Å². The van der Waals surface area contributed by atoms with Crippen molar-refractivity contribution < 1.29 is 9.90 Å². The Kier molecular flexibility index (Phi) is 2.67. The average molecular weight is 179 g/mol. The Labute approximate surface area is 75.4 Å². The van der Waals surface area contributed by atoms with Crippen molar-refractivity contribution in [2.75, 3.05) is 5.73 Å². The van der Waals surface area contributed by atoms with E-state index in [1.165, 1.54) is 6.20 Å². The third-order valence-corrected chi connectivity index (χ3v) is 1.53. The summed E-state index contributed by atoms with van der Waals surface area (Å²) >= 11 is 0. The van der Waals surface area contributed by atoms with Crippen molar-refractivity contribution in [3.8, 4) is 0 Å². The molecule has 0 radical (unpaired) electrons. The van der Waals surface area contributed by atoms with Crippen LogP contribution in [0, 0.1) is 12.1 Å². The molecule has 0 aliphatic carbocycles. The van der Waals surface area contributed by atoms with Gasteiger partial charge in [0.15, 0.2) is 0 Å². The fourth-order valence-corrected chi connectivity index (χ4v) is 0.820. The molecule has 5 N–H and O–H groups in total. The number of aromatic nitrogens is 1. The van der Waals surface area contributed by atoms with Gasteiger partial charge in [0.1, 0.15) is 11.7 Å². The Balaban J connectivity index is 2.74. The second-order valence-corrected chi connectivity index (χ2v) is 2.54. The fourth-order valence-electron chi connectivity index (χ4n) is 0.820. The van der Waals surface area contributed by atoms with Crippen LogP contribution in [0.25, 0.3) is 0 Å². The highest BCUT2D eigenvalue weighted by atomic mass is 16.4. The van der Waals surface area contributed by atoms with Gasteiger partial charge in [-0.15, -0.1) is 0 Å². The van der Waals surface area contributed by atoms with Crippen molar-refractivity contribution in [2.24, 2.45) is 5.73 Å². The molecule has 0 aliphatic heterocycles. The molecule has 0 aromatic carbocycles. The van der Waals surface area contributed by atoms with E-state index in [0.29, 0.717) is 11.4 Å². The topological polar surface area (TPSA) is 102 Å². The maximum Gasteiger partial charge on any atom is 0.320 e. The molecule has 5 nitrogen and oxygen atoms in total. The largest absolute Gasteiger partial charge is 0.480 e. The highest BCUT2D eigenvalue weighted by molar-refractivity contribution is 5.73. The predicted octanol–water partition coefficient (Wildman–Crippen LogP) is -0.781. The van der Waals surface area contributed by atoms with Gasteiger partial charge in [-0.3, -0.25) is 4.79 Å². The van der Waals surface area contributed by atoms with Gasteiger partial charge in [-0.05, 0) is 12.1 Å². The molecule has 1 unspecified atom stereocenters. The molecule has 1 rings (SSSR count). The molecule has 13 heavy (non-hydrogen) atoms. The highest BCUT2D eigenvalue weighted by Gasteiger charge is 2.14. The number of aliphatic carboxylic acids is 1. The second-order valence-electron chi connectivity index (χ2n) is 2.54. The SMILES string of the molecule is Nc1c#ccnc1CC(N)C(=O)O. The van der Waals surface area contributed by atoms with Crippen LogP contribution < -0.4 is 11.5 Å². The van der Waals surface area contributed by atoms with Crippen LogP contribution in [-0.2, 0) is 11.2 Å². The number of carboxylic acid groups (broad SMARTS) is 1. The van der Waals surface area contributed by atoms with Crippen LogP contribution in [0.2, 0.25) is 0 Å². The van der Waals surface area contributed by atoms with Crippen LogP contribution in [-0.4, -0.2) is 22.1 Å². The van der Waals surface area contributed by atoms with E-state index < -0.39 is 12.0 Å². The molecule has 0 aliphatic rings. The quantitative estimate of drug-likeness (QED) is 0.564. The predicted molar refractivity (Wildman–Crippen MR) is 45.6 cm³/mol. The van der Waals surface area contributed by atoms with Crippen molar-refractivity contribution in [3.05, 3.63) is 24.0 Å². The number of anilines is 1. The lowest BCUT2D eigenvalue weighted by Gasteiger charge is -2.05. The summed E-state index contributed by atoms with van der Waals surface area (Å²) in [6.07, 6.45) is 1.48. The number of carbonyl (C=O) groups is 1. The van der Waals surface area contributed by atoms with Crippen LogP contribution in [0.4, 0.5) is 5.69 Å². The van der Waals surface area contributed by atoms with E-state index in [4.69, 9.17) is 16.6 Å². The van der Waals surface area contributed by atoms with E-state index in [9.17, 15) is 4.79 Å². The summed E-state index contributed by atoms with van der Waals surface area (Å²) in [5.41, 5.74) is 11.5. The first-order valence-electron chi connectivity index (χ1n) is 3.62. The second kappa shape index (κ2) is 3.74. The molecule has 0 bridgehead atoms. The molecule has 0 spiro atoms. The lowest BCUT2D eigenvalue weighted by Crippen LogP contribution is -2.32. The summed E-state index contributed by atoms with van der Waals surface area (Å²) in [6, 6.07) is 4.16. The first-order chi connectivity index (χ1) is 6.11. The number of carboxylic acids is 1. The van der Waals surface area contributed by atoms with Crippen molar-refractivity contribution in [1.29, 1.82) is 0 Å². The van der Waals surface area contributed by atoms with E-state index in [-0.39, 0.29) is 6.42 Å². The number of hydrogen-bond donors (Lipinski definition) is 3. The van der Waals surface area contributed by atoms with Crippen molar-refractivity contribution in [3.63, 3.8) is 0 Å². The van der Waals surface area contributed by atoms with Gasteiger partial charge in [-0.25, -0.2) is 4.98 Å². The minimum absolute atomic E-state index is 0.104. The van der Waals surface area contributed by atoms with Crippen LogP contribution >= 0.6 is 0 Å². The Morgan fingerprint density at radius 2 is 2.46 bits per heavy atom. The Bertz CT molecular complexity index is 314. The minimum atomic E-state index is -1.07. The zero-order valence-corrected chi connectivity index (χ0v) is 6.82. The number of hydrogen-bond acceptors (Lipinski definition) is 4. The van der Waals surface area contributed by atoms with Crippen molar-refractivity contribution in [2.45, 2.75) is 12.5 Å². The van der Waals surface area contributed by atoms with Crippen LogP contribution in [0.5, 0.6) is 0 Å². The van der Waals surface area contributed by atoms with Crippen LogP contribution in [0.1, 0.15) is 5.69 Å². The molecule has 0 saturated heterocycles. The smallest absolute Gasteiger partial charge is 0.320 e. The Hall–Kier alpha value is -1.80. The molecule has 5 heteroatoms. The molecule has 0 amide bonds. The Morgan fingerprint density at radius 1 is 1.77 bits per heavy atom. The first-order valence-corrected chi connectivity index (χ1v) is 3.62. The number of nitrogens with zero attached hydrogens (tertiary/aromatic N) is 1. The van der Waals surface area contributed by atoms with Gasteiger partial charge in [0.2, 0.25) is 0 Å². The summed E-state index contributed by atoms with van der Waals surface area (Å²) in [5, 5.41) is 8.52. The highest BCUT2D eigenvalue weighted by Crippen LogP contribution is 2.05. The third-order valence-electron chi connectivity index (χ3n) is 1.53. The summed E-state index contributed by atoms with van der Waals surface area (Å²) in [6.45, 7) is 0. The van der Waals surface area contributed by atoms with Gasteiger partial charge >= 0.3 is 5.97 Å². The maximum absolute atomic E-state index is 10.4. The molecule has 0 fully saturated rings. The van der Waals surface area contributed by atoms with Crippen molar-refractivity contribution in [1.82, 2.24) is 4.98 Å². The van der Waals surface area contributed by atoms with E-state index >= 15 is 0 Å². The summed E-state index contributed by atoms with van der Waals surface area (Å²) in [4.78, 5) is 14.2. The zero-order valence-electron chi connectivity index (χ0n) is 6.82. The van der Waals surface area contributed by atoms with Gasteiger partial charge < -0.3 is 16.6 Å². The summed E-state index contributed by atoms with van der Waals surface area (Å²) < 4.78 is 0. The summed E-state index contributed by atoms with van der Waals surface area (Å²) in [7, 11) is 0. The van der Waals surface area contributed by atoms with Gasteiger partial charge in [0.25, 0.3) is 0 Å². The summed E-state index contributed by atoms with van der Waals surface area (Å²) in [5.74, 6) is -1.07. The standard InChI is InChI=1S/C8H9N3O2/c9-5-2-1-3-11-7(5)4-6(10)8(12)13/h3,6H,4,9-10H2,(H,12,13). The van der Waals surface area contributed by atoms with E-state index in [0.717, 1.165) is 0 Å². The molecule has 1 aromatic rings. The van der Waals surface area contributed by atoms with Gasteiger partial charge in [-0.2, -0.15) is 0 Å². The monoisotopic (exact) mass is 179 g/mol. The minimum Gasteiger partial charge on any atom is -0.480 e. The molecule has 1 heterocycles. The lowest BCUT2D eigenvalue weighted by atomic mass is 10.1. The van der Waals surface area contributed by atoms with Crippen LogP contribution in [0.15, 0.2) is 6.20 Å². The lowest BCUT2D eigenvalue weighted by molar-refractivity contribution is -0.138. The van der Waals surface area contributed by atoms with Gasteiger partial charge in [0.05, 0.1) is 11.9 Å². The van der Waals surface area contributed by atoms with Gasteiger partial charge in [-0.1, -0.05) is 0 Å². The third kappa shape index (κ3) is 2.32. The molecule has 68 valence electrons. The average Bonchev–Trinajstić information content (AvgIpc) is 2.08. The number of rotatable bonds is 3. The molecule has 1 aromatic heterocycles. The van der Waals surface area contributed by atoms with E-state index in [2.05, 4.69) is 17.1 Å². The molecular weight excluding hydrogens is 170 g/mol. The Morgan fingerprint density at radius 3 is 3.00 bits per heavy atom. The number of nitrogens with two attached hydrogens (primary N) is 2. The first kappa shape index (κ1) is 9.29. The van der Waals surface area contributed by atoms with Crippen LogP contribution in [0.3, 0.4) is 0 Å². The molecular formula is C8H9N3O2. The fraction of sp³-hybridized carbons (Fsp3) is 0.250. The maximum atomic E-state index is 10.4. The van der Waals surface area contributed by atoms with Gasteiger partial charge in [0, 0.05) is 6.42 Å². The zero-order chi connectivity index (χ0) is 9.84. The van der Waals surface area contributed by atoms with Crippen molar-refractivity contribution >= 4 is 11.7 Å². The normalized spacial score (nSPS) is 11.8. The van der Waals surface area contributed by atoms with E-state index in [1.807, 2.05) is 0 Å². The molecule has 1 atom stereocenters.